The topological polar surface area (TPSA) is 41.1 Å². The van der Waals surface area contributed by atoms with Crippen molar-refractivity contribution < 1.29 is 0 Å². The van der Waals surface area contributed by atoms with Gasteiger partial charge in [0, 0.05) is 31.4 Å². The van der Waals surface area contributed by atoms with Crippen LogP contribution in [0.1, 0.15) is 25.1 Å². The van der Waals surface area contributed by atoms with Gasteiger partial charge in [0.1, 0.15) is 5.82 Å². The van der Waals surface area contributed by atoms with E-state index in [1.807, 2.05) is 19.1 Å². The highest BCUT2D eigenvalue weighted by atomic mass is 15.3. The highest BCUT2D eigenvalue weighted by molar-refractivity contribution is 5.43. The average molecular weight is 284 g/mol. The Hall–Kier alpha value is -2.10. The molecule has 1 aromatic carbocycles. The molecule has 0 radical (unpaired) electrons. The SMILES string of the molecule is CCN(CC)c1nc(C)cc(NCCc2ccccc2)n1. The maximum atomic E-state index is 4.61. The molecule has 2 rings (SSSR count). The minimum atomic E-state index is 0.808. The average Bonchev–Trinajstić information content (AvgIpc) is 2.49. The molecule has 1 N–H and O–H groups in total. The third kappa shape index (κ3) is 4.45. The number of hydrogen-bond donors (Lipinski definition) is 1. The van der Waals surface area contributed by atoms with Crippen molar-refractivity contribution in [3.63, 3.8) is 0 Å². The highest BCUT2D eigenvalue weighted by Crippen LogP contribution is 2.13. The van der Waals surface area contributed by atoms with Crippen LogP contribution < -0.4 is 10.2 Å². The van der Waals surface area contributed by atoms with Crippen molar-refractivity contribution >= 4 is 11.8 Å². The second kappa shape index (κ2) is 7.62. The van der Waals surface area contributed by atoms with Gasteiger partial charge in [0.15, 0.2) is 0 Å². The van der Waals surface area contributed by atoms with Gasteiger partial charge in [0.05, 0.1) is 0 Å². The molecule has 0 aliphatic carbocycles. The van der Waals surface area contributed by atoms with Gasteiger partial charge in [0.25, 0.3) is 0 Å². The maximum absolute atomic E-state index is 4.61. The highest BCUT2D eigenvalue weighted by Gasteiger charge is 2.07. The van der Waals surface area contributed by atoms with Crippen molar-refractivity contribution in [3.05, 3.63) is 47.7 Å². The van der Waals surface area contributed by atoms with E-state index in [0.29, 0.717) is 0 Å². The van der Waals surface area contributed by atoms with Crippen LogP contribution in [0.25, 0.3) is 0 Å². The predicted octanol–water partition coefficient (Wildman–Crippen LogP) is 3.29. The van der Waals surface area contributed by atoms with E-state index in [1.54, 1.807) is 0 Å². The van der Waals surface area contributed by atoms with Crippen LogP contribution in [0, 0.1) is 6.92 Å². The lowest BCUT2D eigenvalue weighted by molar-refractivity contribution is 0.815. The molecule has 0 aliphatic heterocycles. The van der Waals surface area contributed by atoms with Crippen molar-refractivity contribution in [2.75, 3.05) is 29.9 Å². The van der Waals surface area contributed by atoms with Crippen LogP contribution in [0.15, 0.2) is 36.4 Å². The van der Waals surface area contributed by atoms with Crippen molar-refractivity contribution in [3.8, 4) is 0 Å². The van der Waals surface area contributed by atoms with Gasteiger partial charge in [0.2, 0.25) is 5.95 Å². The quantitative estimate of drug-likeness (QED) is 0.847. The Morgan fingerprint density at radius 2 is 1.76 bits per heavy atom. The van der Waals surface area contributed by atoms with Crippen molar-refractivity contribution in [2.24, 2.45) is 0 Å². The minimum Gasteiger partial charge on any atom is -0.370 e. The molecule has 2 aromatic rings. The molecule has 1 heterocycles. The Morgan fingerprint density at radius 3 is 2.43 bits per heavy atom. The van der Waals surface area contributed by atoms with E-state index in [-0.39, 0.29) is 0 Å². The first-order valence-electron chi connectivity index (χ1n) is 7.61. The third-order valence-corrected chi connectivity index (χ3v) is 3.45. The molecule has 0 saturated heterocycles. The zero-order chi connectivity index (χ0) is 15.1. The van der Waals surface area contributed by atoms with Gasteiger partial charge in [-0.15, -0.1) is 0 Å². The Bertz CT molecular complexity index is 550. The molecule has 0 atom stereocenters. The fraction of sp³-hybridized carbons (Fsp3) is 0.412. The first kappa shape index (κ1) is 15.3. The van der Waals surface area contributed by atoms with Crippen LogP contribution in [0.2, 0.25) is 0 Å². The summed E-state index contributed by atoms with van der Waals surface area (Å²) in [6.07, 6.45) is 0.991. The molecule has 0 spiro atoms. The molecule has 112 valence electrons. The van der Waals surface area contributed by atoms with Crippen LogP contribution in [0.4, 0.5) is 11.8 Å². The van der Waals surface area contributed by atoms with Gasteiger partial charge in [-0.05, 0) is 32.8 Å². The smallest absolute Gasteiger partial charge is 0.227 e. The molecule has 0 fully saturated rings. The number of hydrogen-bond acceptors (Lipinski definition) is 4. The largest absolute Gasteiger partial charge is 0.370 e. The van der Waals surface area contributed by atoms with Crippen molar-refractivity contribution in [2.45, 2.75) is 27.2 Å². The number of nitrogens with one attached hydrogen (secondary N) is 1. The minimum absolute atomic E-state index is 0.808. The summed E-state index contributed by atoms with van der Waals surface area (Å²) >= 11 is 0. The van der Waals surface area contributed by atoms with E-state index in [2.05, 4.69) is 58.3 Å². The summed E-state index contributed by atoms with van der Waals surface area (Å²) in [5.74, 6) is 1.71. The second-order valence-electron chi connectivity index (χ2n) is 5.03. The van der Waals surface area contributed by atoms with Gasteiger partial charge in [-0.1, -0.05) is 30.3 Å². The van der Waals surface area contributed by atoms with Crippen LogP contribution in [-0.4, -0.2) is 29.6 Å². The number of benzene rings is 1. The van der Waals surface area contributed by atoms with Crippen molar-refractivity contribution in [1.82, 2.24) is 9.97 Å². The Kier molecular flexibility index (Phi) is 5.55. The first-order valence-corrected chi connectivity index (χ1v) is 7.61. The summed E-state index contributed by atoms with van der Waals surface area (Å²) in [5.41, 5.74) is 2.33. The van der Waals surface area contributed by atoms with E-state index < -0.39 is 0 Å². The zero-order valence-corrected chi connectivity index (χ0v) is 13.1. The monoisotopic (exact) mass is 284 g/mol. The molecule has 0 aliphatic rings. The lowest BCUT2D eigenvalue weighted by Crippen LogP contribution is -2.25. The third-order valence-electron chi connectivity index (χ3n) is 3.45. The second-order valence-corrected chi connectivity index (χ2v) is 5.03. The van der Waals surface area contributed by atoms with Gasteiger partial charge in [-0.2, -0.15) is 4.98 Å². The van der Waals surface area contributed by atoms with E-state index in [1.165, 1.54) is 5.56 Å². The Balaban J connectivity index is 1.99. The summed E-state index contributed by atoms with van der Waals surface area (Å²) in [7, 11) is 0. The summed E-state index contributed by atoms with van der Waals surface area (Å²) in [6, 6.07) is 12.5. The fourth-order valence-corrected chi connectivity index (χ4v) is 2.27. The van der Waals surface area contributed by atoms with Gasteiger partial charge >= 0.3 is 0 Å². The van der Waals surface area contributed by atoms with Gasteiger partial charge < -0.3 is 10.2 Å². The predicted molar refractivity (Wildman–Crippen MR) is 89.0 cm³/mol. The maximum Gasteiger partial charge on any atom is 0.227 e. The van der Waals surface area contributed by atoms with Crippen LogP contribution in [0.3, 0.4) is 0 Å². The van der Waals surface area contributed by atoms with E-state index in [0.717, 1.165) is 43.5 Å². The van der Waals surface area contributed by atoms with Gasteiger partial charge in [-0.25, -0.2) is 4.98 Å². The van der Waals surface area contributed by atoms with Crippen molar-refractivity contribution in [1.29, 1.82) is 0 Å². The van der Waals surface area contributed by atoms with Crippen LogP contribution in [0.5, 0.6) is 0 Å². The van der Waals surface area contributed by atoms with Gasteiger partial charge in [-0.3, -0.25) is 0 Å². The molecule has 4 nitrogen and oxygen atoms in total. The molecule has 0 bridgehead atoms. The number of anilines is 2. The number of nitrogens with zero attached hydrogens (tertiary/aromatic N) is 3. The summed E-state index contributed by atoms with van der Waals surface area (Å²) in [5, 5.41) is 3.40. The molecule has 0 amide bonds. The van der Waals surface area contributed by atoms with Crippen LogP contribution >= 0.6 is 0 Å². The van der Waals surface area contributed by atoms with E-state index in [4.69, 9.17) is 0 Å². The molecule has 0 saturated carbocycles. The summed E-state index contributed by atoms with van der Waals surface area (Å²) in [4.78, 5) is 11.3. The zero-order valence-electron chi connectivity index (χ0n) is 13.1. The van der Waals surface area contributed by atoms with E-state index in [9.17, 15) is 0 Å². The Morgan fingerprint density at radius 1 is 1.05 bits per heavy atom. The molecule has 4 heteroatoms. The molecule has 1 aromatic heterocycles. The summed E-state index contributed by atoms with van der Waals surface area (Å²) in [6.45, 7) is 8.97. The number of aromatic nitrogens is 2. The molecule has 0 unspecified atom stereocenters. The lowest BCUT2D eigenvalue weighted by atomic mass is 10.1. The molecular formula is C17H24N4. The molecular weight excluding hydrogens is 260 g/mol. The Labute approximate surface area is 127 Å². The fourth-order valence-electron chi connectivity index (χ4n) is 2.27. The number of aryl methyl sites for hydroxylation is 1. The normalized spacial score (nSPS) is 10.4. The standard InChI is InChI=1S/C17H24N4/c1-4-21(5-2)17-19-14(3)13-16(20-17)18-12-11-15-9-7-6-8-10-15/h6-10,13H,4-5,11-12H2,1-3H3,(H,18,19,20). The first-order chi connectivity index (χ1) is 10.2. The molecule has 21 heavy (non-hydrogen) atoms. The number of rotatable bonds is 7. The lowest BCUT2D eigenvalue weighted by Gasteiger charge is -2.19. The van der Waals surface area contributed by atoms with Crippen LogP contribution in [-0.2, 0) is 6.42 Å². The summed E-state index contributed by atoms with van der Waals surface area (Å²) < 4.78 is 0. The van der Waals surface area contributed by atoms with E-state index >= 15 is 0 Å².